The first kappa shape index (κ1) is 15.4. The molecule has 0 spiro atoms. The van der Waals surface area contributed by atoms with Crippen LogP contribution in [-0.4, -0.2) is 14.8 Å². The molecule has 1 saturated carbocycles. The first-order valence-corrected chi connectivity index (χ1v) is 9.02. The highest BCUT2D eigenvalue weighted by atomic mass is 32.2. The average molecular weight is 339 g/mol. The van der Waals surface area contributed by atoms with Gasteiger partial charge in [-0.1, -0.05) is 54.2 Å². The van der Waals surface area contributed by atoms with Crippen LogP contribution in [0, 0.1) is 5.82 Å². The van der Waals surface area contributed by atoms with E-state index in [1.807, 2.05) is 19.2 Å². The lowest BCUT2D eigenvalue weighted by Gasteiger charge is -2.04. The fourth-order valence-corrected chi connectivity index (χ4v) is 3.96. The Balaban J connectivity index is 1.44. The highest BCUT2D eigenvalue weighted by molar-refractivity contribution is 7.98. The Morgan fingerprint density at radius 1 is 1.08 bits per heavy atom. The number of thioether (sulfide) groups is 1. The second kappa shape index (κ2) is 6.40. The minimum atomic E-state index is -0.199. The molecule has 0 radical (unpaired) electrons. The van der Waals surface area contributed by atoms with E-state index in [4.69, 9.17) is 0 Å². The molecule has 2 aromatic carbocycles. The van der Waals surface area contributed by atoms with Crippen LogP contribution in [0.3, 0.4) is 0 Å². The van der Waals surface area contributed by atoms with Gasteiger partial charge in [0.2, 0.25) is 0 Å². The van der Waals surface area contributed by atoms with E-state index in [-0.39, 0.29) is 5.82 Å². The van der Waals surface area contributed by atoms with Gasteiger partial charge in [-0.3, -0.25) is 0 Å². The largest absolute Gasteiger partial charge is 0.309 e. The fourth-order valence-electron chi connectivity index (χ4n) is 3.10. The van der Waals surface area contributed by atoms with Crippen LogP contribution in [0.15, 0.2) is 59.8 Å². The van der Waals surface area contributed by atoms with Gasteiger partial charge in [-0.25, -0.2) is 4.39 Å². The molecule has 2 atom stereocenters. The molecular weight excluding hydrogens is 321 g/mol. The van der Waals surface area contributed by atoms with E-state index in [1.54, 1.807) is 23.9 Å². The molecule has 1 aromatic heterocycles. The lowest BCUT2D eigenvalue weighted by Crippen LogP contribution is -1.98. The first-order valence-electron chi connectivity index (χ1n) is 8.04. The molecule has 122 valence electrons. The van der Waals surface area contributed by atoms with Crippen molar-refractivity contribution in [3.05, 3.63) is 77.4 Å². The van der Waals surface area contributed by atoms with Crippen LogP contribution in [0.2, 0.25) is 0 Å². The molecule has 4 rings (SSSR count). The van der Waals surface area contributed by atoms with Crippen molar-refractivity contribution in [2.45, 2.75) is 29.2 Å². The zero-order valence-electron chi connectivity index (χ0n) is 13.4. The minimum absolute atomic E-state index is 0.199. The predicted molar refractivity (Wildman–Crippen MR) is 93.5 cm³/mol. The summed E-state index contributed by atoms with van der Waals surface area (Å²) in [6, 6.07) is 17.3. The lowest BCUT2D eigenvalue weighted by molar-refractivity contribution is 0.626. The minimum Gasteiger partial charge on any atom is -0.309 e. The first-order chi connectivity index (χ1) is 11.7. The molecule has 5 heteroatoms. The van der Waals surface area contributed by atoms with Crippen molar-refractivity contribution >= 4 is 11.8 Å². The zero-order chi connectivity index (χ0) is 16.5. The molecule has 1 aliphatic rings. The standard InChI is InChI=1S/C19H18FN3S/c1-23-18(17-11-16(17)14-7-3-2-4-8-14)21-22-19(23)24-12-13-6-5-9-15(20)10-13/h2-10,16-17H,11-12H2,1H3. The number of rotatable bonds is 5. The van der Waals surface area contributed by atoms with Crippen LogP contribution in [0.1, 0.15) is 35.2 Å². The summed E-state index contributed by atoms with van der Waals surface area (Å²) in [7, 11) is 2.02. The third kappa shape index (κ3) is 3.08. The van der Waals surface area contributed by atoms with E-state index in [1.165, 1.54) is 11.6 Å². The Morgan fingerprint density at radius 2 is 1.92 bits per heavy atom. The van der Waals surface area contributed by atoms with Gasteiger partial charge in [-0.15, -0.1) is 10.2 Å². The molecular formula is C19H18FN3S. The lowest BCUT2D eigenvalue weighted by atomic mass is 10.1. The Bertz CT molecular complexity index is 847. The number of benzene rings is 2. The topological polar surface area (TPSA) is 30.7 Å². The van der Waals surface area contributed by atoms with Crippen LogP contribution in [0.5, 0.6) is 0 Å². The smallest absolute Gasteiger partial charge is 0.191 e. The highest BCUT2D eigenvalue weighted by Gasteiger charge is 2.42. The van der Waals surface area contributed by atoms with E-state index in [0.717, 1.165) is 23.0 Å². The molecule has 0 aliphatic heterocycles. The second-order valence-electron chi connectivity index (χ2n) is 6.18. The second-order valence-corrected chi connectivity index (χ2v) is 7.12. The summed E-state index contributed by atoms with van der Waals surface area (Å²) in [4.78, 5) is 0. The van der Waals surface area contributed by atoms with Crippen LogP contribution in [-0.2, 0) is 12.8 Å². The molecule has 1 fully saturated rings. The summed E-state index contributed by atoms with van der Waals surface area (Å²) in [5.41, 5.74) is 2.33. The maximum Gasteiger partial charge on any atom is 0.191 e. The molecule has 3 nitrogen and oxygen atoms in total. The summed E-state index contributed by atoms with van der Waals surface area (Å²) in [5, 5.41) is 9.61. The van der Waals surface area contributed by atoms with Gasteiger partial charge in [0.05, 0.1) is 0 Å². The van der Waals surface area contributed by atoms with Crippen molar-refractivity contribution in [1.82, 2.24) is 14.8 Å². The number of halogens is 1. The molecule has 24 heavy (non-hydrogen) atoms. The summed E-state index contributed by atoms with van der Waals surface area (Å²) in [5.74, 6) is 2.54. The molecule has 1 heterocycles. The quantitative estimate of drug-likeness (QED) is 0.641. The van der Waals surface area contributed by atoms with Crippen LogP contribution in [0.25, 0.3) is 0 Å². The monoisotopic (exact) mass is 339 g/mol. The molecule has 0 N–H and O–H groups in total. The summed E-state index contributed by atoms with van der Waals surface area (Å²) in [6.45, 7) is 0. The third-order valence-corrected chi connectivity index (χ3v) is 5.57. The summed E-state index contributed by atoms with van der Waals surface area (Å²) < 4.78 is 15.3. The Hall–Kier alpha value is -2.14. The van der Waals surface area contributed by atoms with Crippen molar-refractivity contribution in [3.63, 3.8) is 0 Å². The van der Waals surface area contributed by atoms with Gasteiger partial charge in [-0.2, -0.15) is 0 Å². The van der Waals surface area contributed by atoms with Gasteiger partial charge in [0.25, 0.3) is 0 Å². The SMILES string of the molecule is Cn1c(SCc2cccc(F)c2)nnc1C1CC1c1ccccc1. The van der Waals surface area contributed by atoms with Crippen molar-refractivity contribution < 1.29 is 4.39 Å². The van der Waals surface area contributed by atoms with Crippen LogP contribution < -0.4 is 0 Å². The van der Waals surface area contributed by atoms with E-state index in [9.17, 15) is 4.39 Å². The summed E-state index contributed by atoms with van der Waals surface area (Å²) >= 11 is 1.59. The molecule has 1 aliphatic carbocycles. The Kier molecular flexibility index (Phi) is 4.10. The number of hydrogen-bond donors (Lipinski definition) is 0. The Morgan fingerprint density at radius 3 is 2.71 bits per heavy atom. The molecule has 0 amide bonds. The van der Waals surface area contributed by atoms with E-state index in [0.29, 0.717) is 17.6 Å². The normalized spacial score (nSPS) is 19.4. The van der Waals surface area contributed by atoms with Gasteiger partial charge in [0.1, 0.15) is 11.6 Å². The highest BCUT2D eigenvalue weighted by Crippen LogP contribution is 2.54. The van der Waals surface area contributed by atoms with E-state index >= 15 is 0 Å². The third-order valence-electron chi connectivity index (χ3n) is 4.48. The Labute approximate surface area is 144 Å². The maximum atomic E-state index is 13.3. The number of nitrogens with zero attached hydrogens (tertiary/aromatic N) is 3. The van der Waals surface area contributed by atoms with Gasteiger partial charge < -0.3 is 4.57 Å². The van der Waals surface area contributed by atoms with Gasteiger partial charge in [0.15, 0.2) is 5.16 Å². The van der Waals surface area contributed by atoms with Gasteiger partial charge >= 0.3 is 0 Å². The molecule has 3 aromatic rings. The van der Waals surface area contributed by atoms with E-state index in [2.05, 4.69) is 39.0 Å². The van der Waals surface area contributed by atoms with Gasteiger partial charge in [-0.05, 0) is 35.6 Å². The van der Waals surface area contributed by atoms with Crippen LogP contribution >= 0.6 is 11.8 Å². The molecule has 0 saturated heterocycles. The number of aromatic nitrogens is 3. The average Bonchev–Trinajstić information content (AvgIpc) is 3.31. The van der Waals surface area contributed by atoms with Crippen molar-refractivity contribution in [3.8, 4) is 0 Å². The predicted octanol–water partition coefficient (Wildman–Crippen LogP) is 4.52. The fraction of sp³-hybridized carbons (Fsp3) is 0.263. The maximum absolute atomic E-state index is 13.3. The van der Waals surface area contributed by atoms with Crippen molar-refractivity contribution in [2.75, 3.05) is 0 Å². The number of hydrogen-bond acceptors (Lipinski definition) is 3. The van der Waals surface area contributed by atoms with Crippen LogP contribution in [0.4, 0.5) is 4.39 Å². The van der Waals surface area contributed by atoms with E-state index < -0.39 is 0 Å². The molecule has 2 unspecified atom stereocenters. The van der Waals surface area contributed by atoms with Gasteiger partial charge in [0, 0.05) is 18.7 Å². The van der Waals surface area contributed by atoms with Crippen molar-refractivity contribution in [1.29, 1.82) is 0 Å². The molecule has 0 bridgehead atoms. The summed E-state index contributed by atoms with van der Waals surface area (Å²) in [6.07, 6.45) is 1.13. The van der Waals surface area contributed by atoms with Crippen molar-refractivity contribution in [2.24, 2.45) is 7.05 Å². The zero-order valence-corrected chi connectivity index (χ0v) is 14.2.